The lowest BCUT2D eigenvalue weighted by Crippen LogP contribution is -2.40. The molecule has 0 saturated heterocycles. The molecule has 4 N–H and O–H groups in total. The van der Waals surface area contributed by atoms with Crippen LogP contribution < -0.4 is 11.1 Å². The quantitative estimate of drug-likeness (QED) is 0.444. The molecule has 1 aromatic heterocycles. The van der Waals surface area contributed by atoms with Crippen LogP contribution >= 0.6 is 11.6 Å². The Bertz CT molecular complexity index is 1140. The van der Waals surface area contributed by atoms with Crippen molar-refractivity contribution < 1.29 is 27.5 Å². The number of amides is 1. The molecule has 0 aliphatic carbocycles. The number of nitrogen functional groups attached to an aromatic ring is 1. The second-order valence-corrected chi connectivity index (χ2v) is 6.76. The van der Waals surface area contributed by atoms with Gasteiger partial charge >= 0.3 is 6.18 Å². The summed E-state index contributed by atoms with van der Waals surface area (Å²) in [5.41, 5.74) is 3.10. The summed E-state index contributed by atoms with van der Waals surface area (Å²) >= 11 is 6.07. The van der Waals surface area contributed by atoms with Gasteiger partial charge in [-0.1, -0.05) is 11.6 Å². The molecule has 0 saturated carbocycles. The molecule has 1 atom stereocenters. The van der Waals surface area contributed by atoms with Crippen molar-refractivity contribution in [2.45, 2.75) is 18.4 Å². The van der Waals surface area contributed by atoms with Crippen molar-refractivity contribution in [3.05, 3.63) is 58.0 Å². The van der Waals surface area contributed by atoms with Crippen LogP contribution in [0.1, 0.15) is 21.5 Å². The lowest BCUT2D eigenvalue weighted by molar-refractivity contribution is -0.141. The molecule has 28 heavy (non-hydrogen) atoms. The molecule has 0 radical (unpaired) electrons. The number of aromatic nitrogens is 2. The Kier molecular flexibility index (Phi) is 3.85. The second kappa shape index (κ2) is 5.82. The standard InChI is InChI=1S/C17H11ClF4N4O2/c18-10-2-1-7(19)3-9(10)17(28)14-11(23)4-12-8(13(14)15(27)25-17)5-24-26(12)6-16(20,21)22/h1-5,28H,6,23H2,(H,25,27). The van der Waals surface area contributed by atoms with Crippen LogP contribution in [0.2, 0.25) is 5.02 Å². The van der Waals surface area contributed by atoms with Crippen LogP contribution in [0.3, 0.4) is 0 Å². The summed E-state index contributed by atoms with van der Waals surface area (Å²) in [5.74, 6) is -1.52. The third-order valence-electron chi connectivity index (χ3n) is 4.51. The highest BCUT2D eigenvalue weighted by molar-refractivity contribution is 6.31. The van der Waals surface area contributed by atoms with E-state index in [0.29, 0.717) is 4.68 Å². The predicted octanol–water partition coefficient (Wildman–Crippen LogP) is 2.91. The summed E-state index contributed by atoms with van der Waals surface area (Å²) < 4.78 is 52.7. The third-order valence-corrected chi connectivity index (χ3v) is 4.84. The topological polar surface area (TPSA) is 93.2 Å². The Labute approximate surface area is 159 Å². The summed E-state index contributed by atoms with van der Waals surface area (Å²) in [6.07, 6.45) is -3.46. The highest BCUT2D eigenvalue weighted by atomic mass is 35.5. The van der Waals surface area contributed by atoms with E-state index in [-0.39, 0.29) is 38.3 Å². The number of anilines is 1. The number of benzene rings is 2. The highest BCUT2D eigenvalue weighted by Crippen LogP contribution is 2.44. The number of nitrogens with one attached hydrogen (secondary N) is 1. The van der Waals surface area contributed by atoms with Crippen molar-refractivity contribution in [2.24, 2.45) is 0 Å². The van der Waals surface area contributed by atoms with E-state index < -0.39 is 30.2 Å². The van der Waals surface area contributed by atoms with Crippen molar-refractivity contribution in [3.63, 3.8) is 0 Å². The third kappa shape index (κ3) is 2.68. The molecule has 6 nitrogen and oxygen atoms in total. The first-order valence-corrected chi connectivity index (χ1v) is 8.24. The molecular formula is C17H11ClF4N4O2. The zero-order valence-corrected chi connectivity index (χ0v) is 14.6. The molecule has 2 aromatic carbocycles. The summed E-state index contributed by atoms with van der Waals surface area (Å²) in [4.78, 5) is 12.6. The van der Waals surface area contributed by atoms with Crippen molar-refractivity contribution in [2.75, 3.05) is 5.73 Å². The van der Waals surface area contributed by atoms with E-state index in [9.17, 15) is 27.5 Å². The zero-order chi connectivity index (χ0) is 20.4. The lowest BCUT2D eigenvalue weighted by Gasteiger charge is -2.26. The smallest absolute Gasteiger partial charge is 0.398 e. The van der Waals surface area contributed by atoms with Gasteiger partial charge in [0, 0.05) is 27.2 Å². The largest absolute Gasteiger partial charge is 0.408 e. The molecule has 11 heteroatoms. The number of alkyl halides is 3. The normalized spacial score (nSPS) is 19.1. The molecule has 0 bridgehead atoms. The maximum atomic E-state index is 13.7. The van der Waals surface area contributed by atoms with E-state index in [4.69, 9.17) is 17.3 Å². The number of aliphatic hydroxyl groups is 1. The van der Waals surface area contributed by atoms with Crippen molar-refractivity contribution in [1.82, 2.24) is 15.1 Å². The number of fused-ring (bicyclic) bond motifs is 3. The Hall–Kier alpha value is -2.85. The van der Waals surface area contributed by atoms with Gasteiger partial charge in [0.05, 0.1) is 17.3 Å². The van der Waals surface area contributed by atoms with Crippen molar-refractivity contribution in [3.8, 4) is 0 Å². The fraction of sp³-hybridized carbons (Fsp3) is 0.176. The molecule has 4 rings (SSSR count). The molecule has 1 amide bonds. The van der Waals surface area contributed by atoms with Gasteiger partial charge in [-0.25, -0.2) is 4.39 Å². The van der Waals surface area contributed by atoms with Crippen LogP contribution in [0, 0.1) is 5.82 Å². The van der Waals surface area contributed by atoms with Gasteiger partial charge in [0.15, 0.2) is 5.72 Å². The summed E-state index contributed by atoms with van der Waals surface area (Å²) in [6, 6.07) is 4.38. The minimum Gasteiger partial charge on any atom is -0.398 e. The van der Waals surface area contributed by atoms with Gasteiger partial charge < -0.3 is 16.2 Å². The van der Waals surface area contributed by atoms with E-state index in [1.165, 1.54) is 12.1 Å². The Morgan fingerprint density at radius 2 is 2.04 bits per heavy atom. The van der Waals surface area contributed by atoms with Gasteiger partial charge in [0.2, 0.25) is 0 Å². The van der Waals surface area contributed by atoms with Gasteiger partial charge in [-0.15, -0.1) is 0 Å². The van der Waals surface area contributed by atoms with Gasteiger partial charge in [-0.2, -0.15) is 18.3 Å². The molecule has 1 aliphatic heterocycles. The number of hydrogen-bond donors (Lipinski definition) is 3. The number of carbonyl (C=O) groups is 1. The number of carbonyl (C=O) groups excluding carboxylic acids is 1. The van der Waals surface area contributed by atoms with Crippen LogP contribution in [-0.2, 0) is 12.3 Å². The van der Waals surface area contributed by atoms with Gasteiger partial charge in [-0.05, 0) is 24.3 Å². The fourth-order valence-electron chi connectivity index (χ4n) is 3.43. The van der Waals surface area contributed by atoms with E-state index in [1.807, 2.05) is 0 Å². The van der Waals surface area contributed by atoms with Crippen LogP contribution in [0.25, 0.3) is 10.9 Å². The van der Waals surface area contributed by atoms with Crippen LogP contribution in [0.4, 0.5) is 23.2 Å². The Morgan fingerprint density at radius 3 is 2.71 bits per heavy atom. The number of hydrogen-bond acceptors (Lipinski definition) is 4. The minimum absolute atomic E-state index is 0.0293. The highest BCUT2D eigenvalue weighted by Gasteiger charge is 2.47. The number of halogens is 5. The molecule has 3 aromatic rings. The van der Waals surface area contributed by atoms with Crippen LogP contribution in [0.5, 0.6) is 0 Å². The fourth-order valence-corrected chi connectivity index (χ4v) is 3.68. The maximum Gasteiger partial charge on any atom is 0.408 e. The first kappa shape index (κ1) is 18.5. The molecule has 1 unspecified atom stereocenters. The molecule has 2 heterocycles. The molecule has 146 valence electrons. The van der Waals surface area contributed by atoms with Crippen LogP contribution in [-0.4, -0.2) is 27.0 Å². The second-order valence-electron chi connectivity index (χ2n) is 6.35. The average molecular weight is 415 g/mol. The molecule has 0 fully saturated rings. The number of nitrogens with two attached hydrogens (primary N) is 1. The first-order chi connectivity index (χ1) is 13.0. The monoisotopic (exact) mass is 414 g/mol. The first-order valence-electron chi connectivity index (χ1n) is 7.87. The molecular weight excluding hydrogens is 404 g/mol. The predicted molar refractivity (Wildman–Crippen MR) is 92.1 cm³/mol. The molecule has 1 aliphatic rings. The Morgan fingerprint density at radius 1 is 1.32 bits per heavy atom. The number of nitrogens with zero attached hydrogens (tertiary/aromatic N) is 2. The minimum atomic E-state index is -4.54. The molecule has 0 spiro atoms. The summed E-state index contributed by atoms with van der Waals surface area (Å²) in [7, 11) is 0. The van der Waals surface area contributed by atoms with Gasteiger partial charge in [0.1, 0.15) is 12.4 Å². The lowest BCUT2D eigenvalue weighted by atomic mass is 9.91. The van der Waals surface area contributed by atoms with Crippen LogP contribution in [0.15, 0.2) is 30.5 Å². The average Bonchev–Trinajstić information content (AvgIpc) is 3.08. The van der Waals surface area contributed by atoms with Gasteiger partial charge in [-0.3, -0.25) is 9.48 Å². The van der Waals surface area contributed by atoms with Crippen molar-refractivity contribution in [1.29, 1.82) is 0 Å². The number of rotatable bonds is 2. The zero-order valence-electron chi connectivity index (χ0n) is 13.8. The Balaban J connectivity index is 1.98. The van der Waals surface area contributed by atoms with E-state index in [1.54, 1.807) is 0 Å². The van der Waals surface area contributed by atoms with Gasteiger partial charge in [0.25, 0.3) is 5.91 Å². The summed E-state index contributed by atoms with van der Waals surface area (Å²) in [6.45, 7) is -1.38. The van der Waals surface area contributed by atoms with E-state index in [2.05, 4.69) is 10.4 Å². The van der Waals surface area contributed by atoms with E-state index >= 15 is 0 Å². The maximum absolute atomic E-state index is 13.7. The SMILES string of the molecule is Nc1cc2c(cnn2CC(F)(F)F)c2c1C(O)(c1cc(F)ccc1Cl)NC2=O. The van der Waals surface area contributed by atoms with E-state index in [0.717, 1.165) is 18.3 Å². The van der Waals surface area contributed by atoms with Crippen molar-refractivity contribution >= 4 is 34.1 Å². The summed E-state index contributed by atoms with van der Waals surface area (Å²) in [5, 5.41) is 17.2.